The van der Waals surface area contributed by atoms with E-state index in [1.54, 1.807) is 6.92 Å². The van der Waals surface area contributed by atoms with Crippen LogP contribution in [0.4, 0.5) is 5.69 Å². The van der Waals surface area contributed by atoms with Gasteiger partial charge in [-0.3, -0.25) is 10.1 Å². The molecule has 1 aliphatic heterocycles. The minimum atomic E-state index is -3.80. The third-order valence-electron chi connectivity index (χ3n) is 4.28. The van der Waals surface area contributed by atoms with Crippen molar-refractivity contribution < 1.29 is 13.3 Å². The van der Waals surface area contributed by atoms with Crippen molar-refractivity contribution in [3.63, 3.8) is 0 Å². The second-order valence-corrected chi connectivity index (χ2v) is 9.19. The van der Waals surface area contributed by atoms with E-state index in [0.29, 0.717) is 18.7 Å². The third kappa shape index (κ3) is 3.55. The summed E-state index contributed by atoms with van der Waals surface area (Å²) in [6.07, 6.45) is 1.57. The van der Waals surface area contributed by atoms with Gasteiger partial charge in [-0.15, -0.1) is 21.5 Å². The highest BCUT2D eigenvalue weighted by Gasteiger charge is 2.33. The highest BCUT2D eigenvalue weighted by atomic mass is 32.2. The highest BCUT2D eigenvalue weighted by Crippen LogP contribution is 2.33. The Morgan fingerprint density at radius 3 is 2.72 bits per heavy atom. The first-order valence-corrected chi connectivity index (χ1v) is 10.1. The van der Waals surface area contributed by atoms with Crippen molar-refractivity contribution in [1.82, 2.24) is 14.5 Å². The Kier molecular flexibility index (Phi) is 4.85. The van der Waals surface area contributed by atoms with Crippen LogP contribution in [0.15, 0.2) is 23.1 Å². The number of nitrogens with zero attached hydrogens (tertiary/aromatic N) is 4. The maximum absolute atomic E-state index is 13.0. The molecule has 8 nitrogen and oxygen atoms in total. The molecular weight excluding hydrogens is 364 g/mol. The maximum Gasteiger partial charge on any atom is 0.270 e. The molecule has 0 bridgehead atoms. The fourth-order valence-corrected chi connectivity index (χ4v) is 5.55. The van der Waals surface area contributed by atoms with Crippen molar-refractivity contribution in [2.24, 2.45) is 0 Å². The van der Waals surface area contributed by atoms with Gasteiger partial charge in [0.15, 0.2) is 0 Å². The highest BCUT2D eigenvalue weighted by molar-refractivity contribution is 7.89. The predicted molar refractivity (Wildman–Crippen MR) is 93.2 cm³/mol. The Hall–Kier alpha value is -1.91. The molecule has 1 atom stereocenters. The van der Waals surface area contributed by atoms with Crippen LogP contribution in [0, 0.1) is 24.0 Å². The molecule has 1 aliphatic rings. The standard InChI is InChI=1S/C15H18N4O4S2/c1-10-5-6-13(19(20)21)8-14(10)25(22,23)18-7-3-4-12(9-18)15-17-16-11(2)24-15/h5-6,8,12H,3-4,7,9H2,1-2H3. The topological polar surface area (TPSA) is 106 Å². The quantitative estimate of drug-likeness (QED) is 0.594. The maximum atomic E-state index is 13.0. The number of benzene rings is 1. The fourth-order valence-electron chi connectivity index (χ4n) is 2.96. The third-order valence-corrected chi connectivity index (χ3v) is 7.28. The minimum absolute atomic E-state index is 0.00389. The lowest BCUT2D eigenvalue weighted by atomic mass is 10.0. The summed E-state index contributed by atoms with van der Waals surface area (Å²) in [5, 5.41) is 20.8. The van der Waals surface area contributed by atoms with Crippen molar-refractivity contribution in [3.8, 4) is 0 Å². The first-order chi connectivity index (χ1) is 11.8. The lowest BCUT2D eigenvalue weighted by Gasteiger charge is -2.31. The molecule has 1 aromatic heterocycles. The van der Waals surface area contributed by atoms with E-state index in [1.807, 2.05) is 6.92 Å². The lowest BCUT2D eigenvalue weighted by molar-refractivity contribution is -0.385. The molecule has 0 N–H and O–H groups in total. The van der Waals surface area contributed by atoms with Crippen molar-refractivity contribution in [2.45, 2.75) is 37.5 Å². The lowest BCUT2D eigenvalue weighted by Crippen LogP contribution is -2.39. The van der Waals surface area contributed by atoms with E-state index in [9.17, 15) is 18.5 Å². The van der Waals surface area contributed by atoms with Crippen LogP contribution in [0.3, 0.4) is 0 Å². The van der Waals surface area contributed by atoms with E-state index >= 15 is 0 Å². The van der Waals surface area contributed by atoms with Gasteiger partial charge in [-0.2, -0.15) is 4.31 Å². The smallest absolute Gasteiger partial charge is 0.258 e. The summed E-state index contributed by atoms with van der Waals surface area (Å²) in [7, 11) is -3.80. The Labute approximate surface area is 149 Å². The normalized spacial score (nSPS) is 19.0. The van der Waals surface area contributed by atoms with Crippen molar-refractivity contribution in [3.05, 3.63) is 43.9 Å². The molecule has 0 aliphatic carbocycles. The molecule has 0 spiro atoms. The van der Waals surface area contributed by atoms with Crippen molar-refractivity contribution >= 4 is 27.0 Å². The molecule has 10 heteroatoms. The van der Waals surface area contributed by atoms with Gasteiger partial charge in [0, 0.05) is 31.1 Å². The SMILES string of the molecule is Cc1nnc(C2CCCN(S(=O)(=O)c3cc([N+](=O)[O-])ccc3C)C2)s1. The Morgan fingerprint density at radius 2 is 2.08 bits per heavy atom. The van der Waals surface area contributed by atoms with E-state index in [-0.39, 0.29) is 16.5 Å². The number of hydrogen-bond donors (Lipinski definition) is 0. The summed E-state index contributed by atoms with van der Waals surface area (Å²) >= 11 is 1.48. The fraction of sp³-hybridized carbons (Fsp3) is 0.467. The van der Waals surface area contributed by atoms with Gasteiger partial charge in [0.25, 0.3) is 5.69 Å². The van der Waals surface area contributed by atoms with E-state index in [0.717, 1.165) is 28.9 Å². The van der Waals surface area contributed by atoms with Crippen LogP contribution in [0.1, 0.15) is 34.3 Å². The molecule has 1 aromatic carbocycles. The summed E-state index contributed by atoms with van der Waals surface area (Å²) in [4.78, 5) is 10.4. The van der Waals surface area contributed by atoms with Crippen molar-refractivity contribution in [2.75, 3.05) is 13.1 Å². The van der Waals surface area contributed by atoms with Crippen LogP contribution in [0.5, 0.6) is 0 Å². The zero-order chi connectivity index (χ0) is 18.2. The number of piperidine rings is 1. The van der Waals surface area contributed by atoms with Gasteiger partial charge in [-0.1, -0.05) is 6.07 Å². The van der Waals surface area contributed by atoms with E-state index in [1.165, 1.54) is 27.8 Å². The molecular formula is C15H18N4O4S2. The second kappa shape index (κ2) is 6.77. The minimum Gasteiger partial charge on any atom is -0.258 e. The zero-order valence-corrected chi connectivity index (χ0v) is 15.5. The van der Waals surface area contributed by atoms with Crippen LogP contribution in [-0.4, -0.2) is 40.9 Å². The molecule has 3 rings (SSSR count). The van der Waals surface area contributed by atoms with Crippen LogP contribution in [0.2, 0.25) is 0 Å². The summed E-state index contributed by atoms with van der Waals surface area (Å²) < 4.78 is 27.5. The molecule has 2 heterocycles. The van der Waals surface area contributed by atoms with E-state index in [4.69, 9.17) is 0 Å². The van der Waals surface area contributed by atoms with Gasteiger partial charge in [0.2, 0.25) is 10.0 Å². The number of nitro groups is 1. The number of aromatic nitrogens is 2. The summed E-state index contributed by atoms with van der Waals surface area (Å²) in [6.45, 7) is 4.23. The summed E-state index contributed by atoms with van der Waals surface area (Å²) in [6, 6.07) is 3.93. The number of rotatable bonds is 4. The number of nitro benzene ring substituents is 1. The van der Waals surface area contributed by atoms with Gasteiger partial charge < -0.3 is 0 Å². The molecule has 0 radical (unpaired) electrons. The van der Waals surface area contributed by atoms with Crippen LogP contribution >= 0.6 is 11.3 Å². The van der Waals surface area contributed by atoms with E-state index < -0.39 is 14.9 Å². The first kappa shape index (κ1) is 17.9. The van der Waals surface area contributed by atoms with Crippen LogP contribution in [0.25, 0.3) is 0 Å². The number of aryl methyl sites for hydroxylation is 2. The molecule has 0 saturated carbocycles. The summed E-state index contributed by atoms with van der Waals surface area (Å²) in [5.41, 5.74) is 0.275. The molecule has 134 valence electrons. The Morgan fingerprint density at radius 1 is 1.32 bits per heavy atom. The molecule has 1 fully saturated rings. The molecule has 1 unspecified atom stereocenters. The van der Waals surface area contributed by atoms with Crippen molar-refractivity contribution in [1.29, 1.82) is 0 Å². The van der Waals surface area contributed by atoms with Gasteiger partial charge in [-0.25, -0.2) is 8.42 Å². The number of non-ortho nitro benzene ring substituents is 1. The largest absolute Gasteiger partial charge is 0.270 e. The molecule has 25 heavy (non-hydrogen) atoms. The Balaban J connectivity index is 1.92. The second-order valence-electron chi connectivity index (χ2n) is 6.07. The van der Waals surface area contributed by atoms with Crippen LogP contribution in [-0.2, 0) is 10.0 Å². The molecule has 0 amide bonds. The zero-order valence-electron chi connectivity index (χ0n) is 13.9. The van der Waals surface area contributed by atoms with Crippen LogP contribution < -0.4 is 0 Å². The average molecular weight is 382 g/mol. The van der Waals surface area contributed by atoms with Gasteiger partial charge in [0.05, 0.1) is 9.82 Å². The van der Waals surface area contributed by atoms with Gasteiger partial charge in [-0.05, 0) is 32.3 Å². The molecule has 1 saturated heterocycles. The van der Waals surface area contributed by atoms with Gasteiger partial charge >= 0.3 is 0 Å². The molecule has 2 aromatic rings. The van der Waals surface area contributed by atoms with Gasteiger partial charge in [0.1, 0.15) is 10.0 Å². The monoisotopic (exact) mass is 382 g/mol. The predicted octanol–water partition coefficient (Wildman–Crippen LogP) is 2.63. The number of hydrogen-bond acceptors (Lipinski definition) is 7. The Bertz CT molecular complexity index is 910. The number of sulfonamides is 1. The van der Waals surface area contributed by atoms with E-state index in [2.05, 4.69) is 10.2 Å². The first-order valence-electron chi connectivity index (χ1n) is 7.84. The summed E-state index contributed by atoms with van der Waals surface area (Å²) in [5.74, 6) is 0.00808. The average Bonchev–Trinajstić information content (AvgIpc) is 3.01.